The van der Waals surface area contributed by atoms with Crippen molar-refractivity contribution in [3.05, 3.63) is 23.8 Å². The fourth-order valence-electron chi connectivity index (χ4n) is 2.91. The lowest BCUT2D eigenvalue weighted by molar-refractivity contribution is -0.138. The van der Waals surface area contributed by atoms with Gasteiger partial charge in [-0.3, -0.25) is 4.90 Å². The van der Waals surface area contributed by atoms with Crippen LogP contribution >= 0.6 is 12.4 Å². The molecular formula is C16H24ClF3N2O2. The van der Waals surface area contributed by atoms with Crippen LogP contribution in [0.1, 0.15) is 24.4 Å². The summed E-state index contributed by atoms with van der Waals surface area (Å²) in [4.78, 5) is 2.10. The van der Waals surface area contributed by atoms with E-state index in [4.69, 9.17) is 9.47 Å². The number of ether oxygens (including phenoxy) is 2. The topological polar surface area (TPSA) is 33.7 Å². The summed E-state index contributed by atoms with van der Waals surface area (Å²) < 4.78 is 48.5. The van der Waals surface area contributed by atoms with Gasteiger partial charge in [-0.2, -0.15) is 13.2 Å². The highest BCUT2D eigenvalue weighted by Gasteiger charge is 2.31. The first-order chi connectivity index (χ1) is 10.9. The fourth-order valence-corrected chi connectivity index (χ4v) is 2.91. The first-order valence-corrected chi connectivity index (χ1v) is 7.68. The van der Waals surface area contributed by atoms with Crippen LogP contribution in [0.2, 0.25) is 0 Å². The van der Waals surface area contributed by atoms with Crippen LogP contribution in [0.5, 0.6) is 11.5 Å². The van der Waals surface area contributed by atoms with E-state index >= 15 is 0 Å². The minimum Gasteiger partial charge on any atom is -0.493 e. The highest BCUT2D eigenvalue weighted by Crippen LogP contribution is 2.36. The maximum absolute atomic E-state index is 12.7. The Kier molecular flexibility index (Phi) is 8.12. The van der Waals surface area contributed by atoms with Gasteiger partial charge < -0.3 is 14.8 Å². The van der Waals surface area contributed by atoms with Crippen LogP contribution in [-0.4, -0.2) is 51.5 Å². The van der Waals surface area contributed by atoms with Gasteiger partial charge in [-0.15, -0.1) is 12.4 Å². The van der Waals surface area contributed by atoms with Crippen molar-refractivity contribution in [1.29, 1.82) is 0 Å². The summed E-state index contributed by atoms with van der Waals surface area (Å²) in [5.74, 6) is 1.11. The van der Waals surface area contributed by atoms with Crippen LogP contribution in [0.15, 0.2) is 18.2 Å². The van der Waals surface area contributed by atoms with E-state index in [-0.39, 0.29) is 24.9 Å². The third-order valence-electron chi connectivity index (χ3n) is 4.09. The second-order valence-corrected chi connectivity index (χ2v) is 5.57. The van der Waals surface area contributed by atoms with Gasteiger partial charge in [-0.25, -0.2) is 0 Å². The van der Waals surface area contributed by atoms with E-state index in [2.05, 4.69) is 10.2 Å². The average Bonchev–Trinajstić information content (AvgIpc) is 2.54. The summed E-state index contributed by atoms with van der Waals surface area (Å²) in [5.41, 5.74) is 0.828. The molecule has 4 nitrogen and oxygen atoms in total. The van der Waals surface area contributed by atoms with E-state index < -0.39 is 12.6 Å². The lowest BCUT2D eigenvalue weighted by Crippen LogP contribution is -2.45. The van der Waals surface area contributed by atoms with Crippen LogP contribution in [0.3, 0.4) is 0 Å². The van der Waals surface area contributed by atoms with Crippen LogP contribution in [-0.2, 0) is 0 Å². The smallest absolute Gasteiger partial charge is 0.389 e. The van der Waals surface area contributed by atoms with Gasteiger partial charge in [0.15, 0.2) is 11.5 Å². The zero-order chi connectivity index (χ0) is 16.9. The van der Waals surface area contributed by atoms with Crippen molar-refractivity contribution in [3.8, 4) is 11.5 Å². The van der Waals surface area contributed by atoms with Crippen molar-refractivity contribution in [2.75, 3.05) is 40.4 Å². The van der Waals surface area contributed by atoms with Gasteiger partial charge in [0.2, 0.25) is 0 Å². The Morgan fingerprint density at radius 1 is 1.12 bits per heavy atom. The summed E-state index contributed by atoms with van der Waals surface area (Å²) >= 11 is 0. The lowest BCUT2D eigenvalue weighted by Gasteiger charge is -2.35. The molecule has 24 heavy (non-hydrogen) atoms. The molecule has 1 aliphatic rings. The molecule has 0 aromatic heterocycles. The number of hydrogen-bond acceptors (Lipinski definition) is 4. The molecule has 1 aromatic rings. The van der Waals surface area contributed by atoms with E-state index in [1.807, 2.05) is 6.07 Å². The molecule has 0 amide bonds. The highest BCUT2D eigenvalue weighted by molar-refractivity contribution is 5.85. The molecule has 1 saturated heterocycles. The van der Waals surface area contributed by atoms with Crippen molar-refractivity contribution < 1.29 is 22.6 Å². The van der Waals surface area contributed by atoms with E-state index in [0.29, 0.717) is 11.5 Å². The molecule has 0 aliphatic carbocycles. The monoisotopic (exact) mass is 368 g/mol. The standard InChI is InChI=1S/C16H23F3N2O2.ClH/c1-22-14-4-3-12(11-15(14)23-2)13(5-6-16(17,18)19)21-9-7-20-8-10-21;/h3-4,11,13,20H,5-10H2,1-2H3;1H/t13-;/m0./s1. The van der Waals surface area contributed by atoms with Gasteiger partial charge in [0.05, 0.1) is 14.2 Å². The summed E-state index contributed by atoms with van der Waals surface area (Å²) in [7, 11) is 3.06. The number of piperazine rings is 1. The molecule has 0 unspecified atom stereocenters. The van der Waals surface area contributed by atoms with Crippen molar-refractivity contribution >= 4 is 12.4 Å². The minimum absolute atomic E-state index is 0. The summed E-state index contributed by atoms with van der Waals surface area (Å²) in [6.45, 7) is 3.04. The molecule has 138 valence electrons. The Morgan fingerprint density at radius 3 is 2.29 bits per heavy atom. The maximum atomic E-state index is 12.7. The molecule has 0 radical (unpaired) electrons. The average molecular weight is 369 g/mol. The second kappa shape index (κ2) is 9.34. The molecule has 1 aliphatic heterocycles. The zero-order valence-electron chi connectivity index (χ0n) is 13.9. The van der Waals surface area contributed by atoms with E-state index in [9.17, 15) is 13.2 Å². The zero-order valence-corrected chi connectivity index (χ0v) is 14.7. The Morgan fingerprint density at radius 2 is 1.75 bits per heavy atom. The predicted molar refractivity (Wildman–Crippen MR) is 89.3 cm³/mol. The molecule has 1 fully saturated rings. The minimum atomic E-state index is -4.15. The number of nitrogens with zero attached hydrogens (tertiary/aromatic N) is 1. The molecule has 0 spiro atoms. The van der Waals surface area contributed by atoms with Crippen molar-refractivity contribution in [2.45, 2.75) is 25.1 Å². The Labute approximate surface area is 146 Å². The van der Waals surface area contributed by atoms with Crippen molar-refractivity contribution in [1.82, 2.24) is 10.2 Å². The van der Waals surface area contributed by atoms with Gasteiger partial charge in [0.1, 0.15) is 0 Å². The molecule has 8 heteroatoms. The van der Waals surface area contributed by atoms with E-state index in [0.717, 1.165) is 31.7 Å². The number of rotatable bonds is 6. The van der Waals surface area contributed by atoms with E-state index in [1.54, 1.807) is 12.1 Å². The van der Waals surface area contributed by atoms with Gasteiger partial charge >= 0.3 is 6.18 Å². The highest BCUT2D eigenvalue weighted by atomic mass is 35.5. The van der Waals surface area contributed by atoms with E-state index in [1.165, 1.54) is 14.2 Å². The maximum Gasteiger partial charge on any atom is 0.389 e. The van der Waals surface area contributed by atoms with Gasteiger partial charge in [-0.1, -0.05) is 6.07 Å². The largest absolute Gasteiger partial charge is 0.493 e. The molecule has 1 aromatic carbocycles. The Balaban J connectivity index is 0.00000288. The summed E-state index contributed by atoms with van der Waals surface area (Å²) in [6.07, 6.45) is -4.90. The fraction of sp³-hybridized carbons (Fsp3) is 0.625. The second-order valence-electron chi connectivity index (χ2n) is 5.57. The van der Waals surface area contributed by atoms with Crippen molar-refractivity contribution in [2.24, 2.45) is 0 Å². The summed E-state index contributed by atoms with van der Waals surface area (Å²) in [6, 6.07) is 5.07. The van der Waals surface area contributed by atoms with Crippen LogP contribution in [0.25, 0.3) is 0 Å². The molecule has 2 rings (SSSR count). The number of nitrogens with one attached hydrogen (secondary N) is 1. The number of methoxy groups -OCH3 is 2. The van der Waals surface area contributed by atoms with Crippen molar-refractivity contribution in [3.63, 3.8) is 0 Å². The number of halogens is 4. The van der Waals surface area contributed by atoms with Gasteiger partial charge in [0.25, 0.3) is 0 Å². The first kappa shape index (κ1) is 20.9. The Hall–Kier alpha value is -1.18. The van der Waals surface area contributed by atoms with Crippen LogP contribution in [0.4, 0.5) is 13.2 Å². The van der Waals surface area contributed by atoms with Gasteiger partial charge in [-0.05, 0) is 24.1 Å². The predicted octanol–water partition coefficient (Wildman–Crippen LogP) is 3.41. The summed E-state index contributed by atoms with van der Waals surface area (Å²) in [5, 5.41) is 3.23. The molecule has 0 saturated carbocycles. The van der Waals surface area contributed by atoms with Crippen LogP contribution in [0, 0.1) is 0 Å². The molecule has 1 N–H and O–H groups in total. The lowest BCUT2D eigenvalue weighted by atomic mass is 9.98. The van der Waals surface area contributed by atoms with Gasteiger partial charge in [0, 0.05) is 38.6 Å². The number of alkyl halides is 3. The third-order valence-corrected chi connectivity index (χ3v) is 4.09. The number of benzene rings is 1. The molecular weight excluding hydrogens is 345 g/mol. The third kappa shape index (κ3) is 5.72. The number of hydrogen-bond donors (Lipinski definition) is 1. The molecule has 0 bridgehead atoms. The molecule has 1 heterocycles. The normalized spacial score (nSPS) is 17.0. The molecule has 1 atom stereocenters. The van der Waals surface area contributed by atoms with Crippen LogP contribution < -0.4 is 14.8 Å². The SMILES string of the molecule is COc1ccc([C@H](CCC(F)(F)F)N2CCNCC2)cc1OC.Cl. The quantitative estimate of drug-likeness (QED) is 0.834. The Bertz CT molecular complexity index is 509. The first-order valence-electron chi connectivity index (χ1n) is 7.68.